The molecule has 5 rings (SSSR count). The van der Waals surface area contributed by atoms with Crippen molar-refractivity contribution >= 4 is 29.3 Å². The van der Waals surface area contributed by atoms with Crippen LogP contribution in [0.25, 0.3) is 5.57 Å². The van der Waals surface area contributed by atoms with Crippen LogP contribution >= 0.6 is 0 Å². The largest absolute Gasteiger partial charge is 0.472 e. The number of hydrogen-bond donors (Lipinski definition) is 0. The highest BCUT2D eigenvalue weighted by atomic mass is 16.6. The molecule has 3 aliphatic heterocycles. The number of hydrogen-bond acceptors (Lipinski definition) is 7. The van der Waals surface area contributed by atoms with Gasteiger partial charge < -0.3 is 19.3 Å². The zero-order chi connectivity index (χ0) is 28.8. The van der Waals surface area contributed by atoms with Gasteiger partial charge in [-0.15, -0.1) is 0 Å². The molecule has 0 unspecified atom stereocenters. The predicted octanol–water partition coefficient (Wildman–Crippen LogP) is 4.78. The van der Waals surface area contributed by atoms with Crippen molar-refractivity contribution in [1.82, 2.24) is 14.8 Å². The summed E-state index contributed by atoms with van der Waals surface area (Å²) in [5.74, 6) is 1.64. The summed E-state index contributed by atoms with van der Waals surface area (Å²) in [5.41, 5.74) is 2.08. The zero-order valence-corrected chi connectivity index (χ0v) is 24.4. The van der Waals surface area contributed by atoms with E-state index in [4.69, 9.17) is 14.5 Å². The van der Waals surface area contributed by atoms with E-state index in [1.165, 1.54) is 0 Å². The van der Waals surface area contributed by atoms with E-state index in [-0.39, 0.29) is 18.4 Å². The fourth-order valence-electron chi connectivity index (χ4n) is 5.44. The second-order valence-electron chi connectivity index (χ2n) is 12.0. The van der Waals surface area contributed by atoms with Gasteiger partial charge in [-0.3, -0.25) is 9.69 Å². The first-order valence-corrected chi connectivity index (χ1v) is 14.6. The normalized spacial score (nSPS) is 19.0. The number of nitrogens with zero attached hydrogens (tertiary/aromatic N) is 5. The van der Waals surface area contributed by atoms with E-state index in [9.17, 15) is 9.59 Å². The van der Waals surface area contributed by atoms with Gasteiger partial charge in [-0.1, -0.05) is 42.5 Å². The van der Waals surface area contributed by atoms with Crippen LogP contribution in [-0.2, 0) is 20.9 Å². The molecule has 41 heavy (non-hydrogen) atoms. The third-order valence-corrected chi connectivity index (χ3v) is 7.65. The first-order chi connectivity index (χ1) is 19.7. The molecule has 2 aromatic rings. The number of carbonyl (C=O) groups excluding carboxylic acids is 2. The summed E-state index contributed by atoms with van der Waals surface area (Å²) in [7, 11) is 0. The summed E-state index contributed by atoms with van der Waals surface area (Å²) in [4.78, 5) is 40.3. The lowest BCUT2D eigenvalue weighted by Crippen LogP contribution is -2.49. The van der Waals surface area contributed by atoms with Crippen LogP contribution in [0.3, 0.4) is 0 Å². The molecule has 0 saturated carbocycles. The summed E-state index contributed by atoms with van der Waals surface area (Å²) in [6, 6.07) is 15.9. The van der Waals surface area contributed by atoms with Gasteiger partial charge in [-0.2, -0.15) is 4.99 Å². The Morgan fingerprint density at radius 2 is 1.68 bits per heavy atom. The first kappa shape index (κ1) is 28.8. The molecule has 0 atom stereocenters. The highest BCUT2D eigenvalue weighted by molar-refractivity contribution is 6.23. The third kappa shape index (κ3) is 7.94. The number of carbonyl (C=O) groups is 2. The van der Waals surface area contributed by atoms with Crippen LogP contribution in [0, 0.1) is 5.92 Å². The lowest BCUT2D eigenvalue weighted by molar-refractivity contribution is -0.117. The van der Waals surface area contributed by atoms with Gasteiger partial charge >= 0.3 is 6.09 Å². The van der Waals surface area contributed by atoms with Crippen molar-refractivity contribution in [2.24, 2.45) is 10.9 Å². The molecule has 218 valence electrons. The molecule has 9 nitrogen and oxygen atoms in total. The molecule has 0 spiro atoms. The number of amides is 2. The Morgan fingerprint density at radius 3 is 2.39 bits per heavy atom. The summed E-state index contributed by atoms with van der Waals surface area (Å²) < 4.78 is 11.5. The number of pyridine rings is 1. The number of ether oxygens (including phenoxy) is 2. The number of rotatable bonds is 6. The molecule has 2 fully saturated rings. The highest BCUT2D eigenvalue weighted by Crippen LogP contribution is 2.25. The maximum Gasteiger partial charge on any atom is 0.410 e. The number of anilines is 1. The Labute approximate surface area is 242 Å². The van der Waals surface area contributed by atoms with Crippen molar-refractivity contribution in [1.29, 1.82) is 0 Å². The molecule has 0 aliphatic carbocycles. The second kappa shape index (κ2) is 12.9. The number of likely N-dealkylation sites (tertiary alicyclic amines) is 1. The molecule has 1 aromatic carbocycles. The molecule has 0 N–H and O–H groups in total. The van der Waals surface area contributed by atoms with Crippen molar-refractivity contribution in [3.05, 3.63) is 65.9 Å². The van der Waals surface area contributed by atoms with Crippen LogP contribution in [-0.4, -0.2) is 84.1 Å². The van der Waals surface area contributed by atoms with Gasteiger partial charge in [0, 0.05) is 52.2 Å². The fourth-order valence-corrected chi connectivity index (χ4v) is 5.44. The van der Waals surface area contributed by atoms with E-state index in [2.05, 4.69) is 14.8 Å². The topological polar surface area (TPSA) is 87.6 Å². The van der Waals surface area contributed by atoms with Crippen molar-refractivity contribution in [3.63, 3.8) is 0 Å². The predicted molar refractivity (Wildman–Crippen MR) is 160 cm³/mol. The standard InChI is InChI=1S/C32H41N5O4/c1-32(2,3)41-31(39)37-16-14-24(15-17-37)22-35-18-20-36(21-19-35)28-11-7-10-27(33-28)26-12-13-29(38)34-30(26)40-23-25-8-5-4-6-9-25/h4-12,24H,13-23H2,1-3H3. The average molecular weight is 560 g/mol. The Balaban J connectivity index is 1.13. The minimum atomic E-state index is -0.458. The quantitative estimate of drug-likeness (QED) is 0.503. The van der Waals surface area contributed by atoms with Crippen LogP contribution in [0.2, 0.25) is 0 Å². The molecule has 4 heterocycles. The van der Waals surface area contributed by atoms with Gasteiger partial charge in [0.2, 0.25) is 5.90 Å². The number of aliphatic imine (C=N–C) groups is 1. The first-order valence-electron chi connectivity index (χ1n) is 14.6. The van der Waals surface area contributed by atoms with Crippen LogP contribution in [0.4, 0.5) is 10.6 Å². The van der Waals surface area contributed by atoms with Gasteiger partial charge in [0.1, 0.15) is 18.0 Å². The Hall–Kier alpha value is -3.72. The van der Waals surface area contributed by atoms with Crippen LogP contribution in [0.15, 0.2) is 59.6 Å². The van der Waals surface area contributed by atoms with Gasteiger partial charge in [-0.25, -0.2) is 9.78 Å². The van der Waals surface area contributed by atoms with Crippen molar-refractivity contribution in [2.45, 2.75) is 52.2 Å². The number of dihydropyridines is 1. The molecule has 0 bridgehead atoms. The third-order valence-electron chi connectivity index (χ3n) is 7.65. The zero-order valence-electron chi connectivity index (χ0n) is 24.4. The Kier molecular flexibility index (Phi) is 9.03. The minimum Gasteiger partial charge on any atom is -0.472 e. The number of aromatic nitrogens is 1. The fraction of sp³-hybridized carbons (Fsp3) is 0.500. The molecule has 3 aliphatic rings. The van der Waals surface area contributed by atoms with E-state index in [1.807, 2.05) is 80.3 Å². The van der Waals surface area contributed by atoms with Gasteiger partial charge in [0.25, 0.3) is 5.91 Å². The van der Waals surface area contributed by atoms with E-state index < -0.39 is 5.60 Å². The molecule has 1 aromatic heterocycles. The second-order valence-corrected chi connectivity index (χ2v) is 12.0. The molecular formula is C32H41N5O4. The van der Waals surface area contributed by atoms with Crippen LogP contribution < -0.4 is 4.90 Å². The monoisotopic (exact) mass is 559 g/mol. The van der Waals surface area contributed by atoms with Gasteiger partial charge in [0.05, 0.1) is 11.3 Å². The van der Waals surface area contributed by atoms with E-state index in [1.54, 1.807) is 0 Å². The summed E-state index contributed by atoms with van der Waals surface area (Å²) in [6.45, 7) is 12.4. The Bertz CT molecular complexity index is 1270. The van der Waals surface area contributed by atoms with Gasteiger partial charge in [0.15, 0.2) is 0 Å². The Morgan fingerprint density at radius 1 is 0.951 bits per heavy atom. The lowest BCUT2D eigenvalue weighted by atomic mass is 9.96. The summed E-state index contributed by atoms with van der Waals surface area (Å²) in [6.07, 6.45) is 3.94. The van der Waals surface area contributed by atoms with Crippen LogP contribution in [0.5, 0.6) is 0 Å². The van der Waals surface area contributed by atoms with Gasteiger partial charge in [-0.05, 0) is 57.2 Å². The van der Waals surface area contributed by atoms with E-state index in [0.717, 1.165) is 81.3 Å². The van der Waals surface area contributed by atoms with Crippen molar-refractivity contribution < 1.29 is 19.1 Å². The van der Waals surface area contributed by atoms with Crippen molar-refractivity contribution in [3.8, 4) is 0 Å². The molecule has 2 amide bonds. The maximum atomic E-state index is 12.4. The van der Waals surface area contributed by atoms with Crippen LogP contribution in [0.1, 0.15) is 51.3 Å². The number of piperazine rings is 1. The highest BCUT2D eigenvalue weighted by Gasteiger charge is 2.29. The number of piperidine rings is 1. The molecular weight excluding hydrogens is 518 g/mol. The molecule has 9 heteroatoms. The number of benzene rings is 1. The van der Waals surface area contributed by atoms with E-state index in [0.29, 0.717) is 18.4 Å². The lowest BCUT2D eigenvalue weighted by Gasteiger charge is -2.39. The minimum absolute atomic E-state index is 0.198. The smallest absolute Gasteiger partial charge is 0.410 e. The molecule has 2 saturated heterocycles. The van der Waals surface area contributed by atoms with Crippen molar-refractivity contribution in [2.75, 3.05) is 50.7 Å². The SMILES string of the molecule is CC(C)(C)OC(=O)N1CCC(CN2CCN(c3cccc(C4=CCC(=O)N=C4OCc4ccccc4)n3)CC2)CC1. The average Bonchev–Trinajstić information content (AvgIpc) is 2.97. The van der Waals surface area contributed by atoms with E-state index >= 15 is 0 Å². The molecule has 0 radical (unpaired) electrons. The summed E-state index contributed by atoms with van der Waals surface area (Å²) in [5, 5.41) is 0. The maximum absolute atomic E-state index is 12.4. The summed E-state index contributed by atoms with van der Waals surface area (Å²) >= 11 is 0.